The van der Waals surface area contributed by atoms with Gasteiger partial charge in [0.05, 0.1) is 5.92 Å². The van der Waals surface area contributed by atoms with E-state index in [0.29, 0.717) is 37.3 Å². The molecule has 6 nitrogen and oxygen atoms in total. The van der Waals surface area contributed by atoms with Gasteiger partial charge in [-0.05, 0) is 37.1 Å². The third kappa shape index (κ3) is 3.37. The van der Waals surface area contributed by atoms with Crippen LogP contribution in [0.4, 0.5) is 16.2 Å². The summed E-state index contributed by atoms with van der Waals surface area (Å²) in [7, 11) is 0. The summed E-state index contributed by atoms with van der Waals surface area (Å²) in [5.74, 6) is -1.11. The van der Waals surface area contributed by atoms with E-state index in [0.717, 1.165) is 0 Å². The van der Waals surface area contributed by atoms with Crippen LogP contribution in [0.15, 0.2) is 24.3 Å². The maximum absolute atomic E-state index is 12.0. The number of hydrogen-bond donors (Lipinski definition) is 3. The van der Waals surface area contributed by atoms with Gasteiger partial charge in [0.15, 0.2) is 0 Å². The van der Waals surface area contributed by atoms with E-state index < -0.39 is 5.97 Å². The summed E-state index contributed by atoms with van der Waals surface area (Å²) in [5, 5.41) is 11.7. The van der Waals surface area contributed by atoms with Crippen LogP contribution in [0.25, 0.3) is 0 Å². The van der Waals surface area contributed by atoms with E-state index in [-0.39, 0.29) is 11.9 Å². The highest BCUT2D eigenvalue weighted by Crippen LogP contribution is 2.18. The molecular formula is C13H17N3O3. The zero-order valence-electron chi connectivity index (χ0n) is 10.5. The van der Waals surface area contributed by atoms with Gasteiger partial charge in [-0.3, -0.25) is 4.79 Å². The molecule has 1 aliphatic rings. The smallest absolute Gasteiger partial charge is 0.321 e. The quantitative estimate of drug-likeness (QED) is 0.706. The number of nitrogens with one attached hydrogen (secondary N) is 1. The molecule has 0 unspecified atom stereocenters. The van der Waals surface area contributed by atoms with Crippen molar-refractivity contribution in [3.8, 4) is 0 Å². The molecule has 2 rings (SSSR count). The molecule has 0 spiro atoms. The van der Waals surface area contributed by atoms with Crippen LogP contribution in [0.5, 0.6) is 0 Å². The largest absolute Gasteiger partial charge is 0.481 e. The number of nitrogen functional groups attached to an aromatic ring is 1. The third-order valence-corrected chi connectivity index (χ3v) is 3.29. The fourth-order valence-electron chi connectivity index (χ4n) is 2.10. The predicted molar refractivity (Wildman–Crippen MR) is 71.8 cm³/mol. The van der Waals surface area contributed by atoms with Crippen molar-refractivity contribution in [2.75, 3.05) is 24.1 Å². The van der Waals surface area contributed by atoms with Gasteiger partial charge in [0.2, 0.25) is 0 Å². The van der Waals surface area contributed by atoms with E-state index in [1.807, 2.05) is 0 Å². The molecular weight excluding hydrogens is 246 g/mol. The lowest BCUT2D eigenvalue weighted by Gasteiger charge is -2.30. The Labute approximate surface area is 111 Å². The number of nitrogens with two attached hydrogens (primary N) is 1. The van der Waals surface area contributed by atoms with Crippen LogP contribution in [-0.4, -0.2) is 35.1 Å². The van der Waals surface area contributed by atoms with E-state index in [9.17, 15) is 9.59 Å². The van der Waals surface area contributed by atoms with Crippen LogP contribution < -0.4 is 11.1 Å². The summed E-state index contributed by atoms with van der Waals surface area (Å²) < 4.78 is 0. The van der Waals surface area contributed by atoms with Gasteiger partial charge in [-0.2, -0.15) is 0 Å². The number of hydrogen-bond acceptors (Lipinski definition) is 3. The number of nitrogens with zero attached hydrogens (tertiary/aromatic N) is 1. The van der Waals surface area contributed by atoms with Gasteiger partial charge >= 0.3 is 12.0 Å². The van der Waals surface area contributed by atoms with Crippen molar-refractivity contribution in [3.05, 3.63) is 24.3 Å². The molecule has 0 bridgehead atoms. The number of rotatable bonds is 2. The van der Waals surface area contributed by atoms with Crippen LogP contribution >= 0.6 is 0 Å². The first-order chi connectivity index (χ1) is 9.06. The summed E-state index contributed by atoms with van der Waals surface area (Å²) in [5.41, 5.74) is 6.88. The standard InChI is InChI=1S/C13H17N3O3/c14-10-1-3-11(4-2-10)15-13(19)16-7-5-9(6-8-16)12(17)18/h1-4,9H,5-8,14H2,(H,15,19)(H,17,18). The number of carboxylic acid groups (broad SMARTS) is 1. The molecule has 1 heterocycles. The number of carbonyl (C=O) groups is 2. The molecule has 0 radical (unpaired) electrons. The highest BCUT2D eigenvalue weighted by Gasteiger charge is 2.26. The van der Waals surface area contributed by atoms with Gasteiger partial charge in [0.1, 0.15) is 0 Å². The topological polar surface area (TPSA) is 95.7 Å². The Kier molecular flexibility index (Phi) is 3.89. The third-order valence-electron chi connectivity index (χ3n) is 3.29. The Morgan fingerprint density at radius 2 is 1.79 bits per heavy atom. The molecule has 1 aliphatic heterocycles. The molecule has 0 aromatic heterocycles. The van der Waals surface area contributed by atoms with E-state index in [2.05, 4.69) is 5.32 Å². The predicted octanol–water partition coefficient (Wildman–Crippen LogP) is 1.60. The first-order valence-corrected chi connectivity index (χ1v) is 6.20. The number of carboxylic acids is 1. The Hall–Kier alpha value is -2.24. The second-order valence-electron chi connectivity index (χ2n) is 4.65. The van der Waals surface area contributed by atoms with Crippen molar-refractivity contribution in [1.82, 2.24) is 4.90 Å². The number of amides is 2. The molecule has 4 N–H and O–H groups in total. The Morgan fingerprint density at radius 3 is 2.32 bits per heavy atom. The SMILES string of the molecule is Nc1ccc(NC(=O)N2CCC(C(=O)O)CC2)cc1. The van der Waals surface area contributed by atoms with Crippen LogP contribution in [0, 0.1) is 5.92 Å². The summed E-state index contributed by atoms with van der Waals surface area (Å²) >= 11 is 0. The van der Waals surface area contributed by atoms with Gasteiger partial charge in [-0.25, -0.2) is 4.79 Å². The van der Waals surface area contributed by atoms with Crippen LogP contribution in [0.1, 0.15) is 12.8 Å². The molecule has 1 aromatic carbocycles. The molecule has 0 saturated carbocycles. The Morgan fingerprint density at radius 1 is 1.21 bits per heavy atom. The first kappa shape index (κ1) is 13.2. The second-order valence-corrected chi connectivity index (χ2v) is 4.65. The van der Waals surface area contributed by atoms with Crippen molar-refractivity contribution in [3.63, 3.8) is 0 Å². The number of benzene rings is 1. The summed E-state index contributed by atoms with van der Waals surface area (Å²) in [6.45, 7) is 0.940. The van der Waals surface area contributed by atoms with Gasteiger partial charge < -0.3 is 21.1 Å². The summed E-state index contributed by atoms with van der Waals surface area (Å²) in [6.07, 6.45) is 1.01. The number of anilines is 2. The average Bonchev–Trinajstić information content (AvgIpc) is 2.41. The highest BCUT2D eigenvalue weighted by atomic mass is 16.4. The number of likely N-dealkylation sites (tertiary alicyclic amines) is 1. The van der Waals surface area contributed by atoms with Crippen LogP contribution in [0.2, 0.25) is 0 Å². The fourth-order valence-corrected chi connectivity index (χ4v) is 2.10. The van der Waals surface area contributed by atoms with Gasteiger partial charge in [-0.1, -0.05) is 0 Å². The Bertz CT molecular complexity index is 465. The van der Waals surface area contributed by atoms with Gasteiger partial charge in [0, 0.05) is 24.5 Å². The van der Waals surface area contributed by atoms with Crippen molar-refractivity contribution in [2.45, 2.75) is 12.8 Å². The fraction of sp³-hybridized carbons (Fsp3) is 0.385. The summed E-state index contributed by atoms with van der Waals surface area (Å²) in [6, 6.07) is 6.70. The number of urea groups is 1. The molecule has 1 aromatic rings. The van der Waals surface area contributed by atoms with E-state index >= 15 is 0 Å². The maximum Gasteiger partial charge on any atom is 0.321 e. The van der Waals surface area contributed by atoms with Gasteiger partial charge in [0.25, 0.3) is 0 Å². The Balaban J connectivity index is 1.88. The van der Waals surface area contributed by atoms with Gasteiger partial charge in [-0.15, -0.1) is 0 Å². The molecule has 102 valence electrons. The van der Waals surface area contributed by atoms with E-state index in [4.69, 9.17) is 10.8 Å². The van der Waals surface area contributed by atoms with E-state index in [1.165, 1.54) is 0 Å². The molecule has 2 amide bonds. The first-order valence-electron chi connectivity index (χ1n) is 6.20. The van der Waals surface area contributed by atoms with Crippen molar-refractivity contribution in [2.24, 2.45) is 5.92 Å². The lowest BCUT2D eigenvalue weighted by molar-refractivity contribution is -0.143. The zero-order valence-corrected chi connectivity index (χ0v) is 10.5. The monoisotopic (exact) mass is 263 g/mol. The molecule has 1 fully saturated rings. The zero-order chi connectivity index (χ0) is 13.8. The van der Waals surface area contributed by atoms with Crippen LogP contribution in [0.3, 0.4) is 0 Å². The molecule has 6 heteroatoms. The van der Waals surface area contributed by atoms with E-state index in [1.54, 1.807) is 29.2 Å². The average molecular weight is 263 g/mol. The molecule has 1 saturated heterocycles. The molecule has 19 heavy (non-hydrogen) atoms. The minimum Gasteiger partial charge on any atom is -0.481 e. The number of aliphatic carboxylic acids is 1. The van der Waals surface area contributed by atoms with Crippen molar-refractivity contribution >= 4 is 23.4 Å². The summed E-state index contributed by atoms with van der Waals surface area (Å²) in [4.78, 5) is 24.4. The number of carbonyl (C=O) groups excluding carboxylic acids is 1. The van der Waals surface area contributed by atoms with Crippen LogP contribution in [-0.2, 0) is 4.79 Å². The van der Waals surface area contributed by atoms with Crippen molar-refractivity contribution in [1.29, 1.82) is 0 Å². The minimum absolute atomic E-state index is 0.200. The number of piperidine rings is 1. The molecule has 0 atom stereocenters. The van der Waals surface area contributed by atoms with Crippen molar-refractivity contribution < 1.29 is 14.7 Å². The second kappa shape index (κ2) is 5.60. The maximum atomic E-state index is 12.0. The minimum atomic E-state index is -0.779. The lowest BCUT2D eigenvalue weighted by Crippen LogP contribution is -2.42. The lowest BCUT2D eigenvalue weighted by atomic mass is 9.97. The molecule has 0 aliphatic carbocycles. The highest BCUT2D eigenvalue weighted by molar-refractivity contribution is 5.89. The normalized spacial score (nSPS) is 16.1.